The normalized spacial score (nSPS) is 20.1. The maximum Gasteiger partial charge on any atom is 0.355 e. The molecule has 2 aromatic rings. The molecule has 124 valence electrons. The minimum Gasteiger partial charge on any atom is -0.269 e. The lowest BCUT2D eigenvalue weighted by molar-refractivity contribution is -0.539. The average Bonchev–Trinajstić information content (AvgIpc) is 2.62. The van der Waals surface area contributed by atoms with Gasteiger partial charge in [-0.25, -0.2) is 14.9 Å². The quantitative estimate of drug-likeness (QED) is 0.783. The van der Waals surface area contributed by atoms with Crippen LogP contribution in [0.15, 0.2) is 41.2 Å². The van der Waals surface area contributed by atoms with E-state index in [0.717, 1.165) is 30.3 Å². The molecule has 2 aliphatic rings. The van der Waals surface area contributed by atoms with Crippen LogP contribution < -0.4 is 16.2 Å². The number of piperidine rings is 1. The SMILES string of the molecule is Cc1cc(=O)n2c(n1)NC(=[N+]1CCCCC1)NC2c1ccccc1. The van der Waals surface area contributed by atoms with Crippen LogP contribution in [0.2, 0.25) is 0 Å². The van der Waals surface area contributed by atoms with Gasteiger partial charge in [-0.05, 0) is 26.2 Å². The van der Waals surface area contributed by atoms with Crippen LogP contribution in [0.4, 0.5) is 5.95 Å². The van der Waals surface area contributed by atoms with E-state index in [1.54, 1.807) is 10.6 Å². The first kappa shape index (κ1) is 14.9. The number of guanidine groups is 1. The van der Waals surface area contributed by atoms with Crippen molar-refractivity contribution in [2.75, 3.05) is 18.4 Å². The van der Waals surface area contributed by atoms with E-state index in [2.05, 4.69) is 20.2 Å². The molecule has 24 heavy (non-hydrogen) atoms. The number of fused-ring (bicyclic) bond motifs is 1. The van der Waals surface area contributed by atoms with Crippen molar-refractivity contribution in [2.45, 2.75) is 32.4 Å². The van der Waals surface area contributed by atoms with Crippen LogP contribution in [0.1, 0.15) is 36.7 Å². The predicted molar refractivity (Wildman–Crippen MR) is 93.4 cm³/mol. The van der Waals surface area contributed by atoms with Gasteiger partial charge >= 0.3 is 5.96 Å². The summed E-state index contributed by atoms with van der Waals surface area (Å²) < 4.78 is 4.01. The number of nitrogens with zero attached hydrogens (tertiary/aromatic N) is 3. The van der Waals surface area contributed by atoms with Crippen molar-refractivity contribution < 1.29 is 4.58 Å². The number of aryl methyl sites for hydroxylation is 1. The Balaban J connectivity index is 1.85. The van der Waals surface area contributed by atoms with Crippen molar-refractivity contribution in [3.05, 3.63) is 58.0 Å². The van der Waals surface area contributed by atoms with E-state index in [1.807, 2.05) is 37.3 Å². The Morgan fingerprint density at radius 1 is 1.17 bits per heavy atom. The largest absolute Gasteiger partial charge is 0.355 e. The molecule has 4 rings (SSSR count). The Morgan fingerprint density at radius 3 is 2.67 bits per heavy atom. The van der Waals surface area contributed by atoms with E-state index in [0.29, 0.717) is 5.95 Å². The molecular weight excluding hydrogens is 302 g/mol. The van der Waals surface area contributed by atoms with E-state index in [9.17, 15) is 4.79 Å². The molecular formula is C18H22N5O+. The van der Waals surface area contributed by atoms with Gasteiger partial charge in [0.2, 0.25) is 0 Å². The summed E-state index contributed by atoms with van der Waals surface area (Å²) in [4.78, 5) is 17.1. The van der Waals surface area contributed by atoms with Crippen LogP contribution in [0.3, 0.4) is 0 Å². The molecule has 1 atom stereocenters. The summed E-state index contributed by atoms with van der Waals surface area (Å²) in [6, 6.07) is 11.6. The third-order valence-corrected chi connectivity index (χ3v) is 4.63. The number of hydrogen-bond donors (Lipinski definition) is 2. The Labute approximate surface area is 140 Å². The molecule has 0 amide bonds. The Hall–Kier alpha value is -2.63. The minimum atomic E-state index is -0.250. The Morgan fingerprint density at radius 2 is 1.92 bits per heavy atom. The number of aromatic nitrogens is 2. The fourth-order valence-corrected chi connectivity index (χ4v) is 3.44. The van der Waals surface area contributed by atoms with E-state index in [4.69, 9.17) is 0 Å². The molecule has 6 heteroatoms. The fraction of sp³-hybridized carbons (Fsp3) is 0.389. The van der Waals surface area contributed by atoms with Gasteiger partial charge in [0.25, 0.3) is 11.5 Å². The average molecular weight is 324 g/mol. The lowest BCUT2D eigenvalue weighted by Crippen LogP contribution is -2.52. The topological polar surface area (TPSA) is 62.0 Å². The molecule has 6 nitrogen and oxygen atoms in total. The Bertz CT molecular complexity index is 832. The van der Waals surface area contributed by atoms with Gasteiger partial charge in [0, 0.05) is 17.3 Å². The third kappa shape index (κ3) is 2.68. The van der Waals surface area contributed by atoms with Crippen LogP contribution in [-0.4, -0.2) is 33.2 Å². The molecule has 1 aromatic carbocycles. The molecule has 1 unspecified atom stereocenters. The maximum absolute atomic E-state index is 12.6. The van der Waals surface area contributed by atoms with Gasteiger partial charge in [0.15, 0.2) is 6.17 Å². The summed E-state index contributed by atoms with van der Waals surface area (Å²) in [6.45, 7) is 3.89. The second-order valence-electron chi connectivity index (χ2n) is 6.41. The first-order valence-corrected chi connectivity index (χ1v) is 8.53. The lowest BCUT2D eigenvalue weighted by atomic mass is 10.1. The molecule has 1 saturated heterocycles. The van der Waals surface area contributed by atoms with Crippen molar-refractivity contribution in [1.29, 1.82) is 0 Å². The van der Waals surface area contributed by atoms with Crippen molar-refractivity contribution in [2.24, 2.45) is 0 Å². The van der Waals surface area contributed by atoms with Crippen LogP contribution in [0.5, 0.6) is 0 Å². The summed E-state index contributed by atoms with van der Waals surface area (Å²) in [5, 5.41) is 6.84. The van der Waals surface area contributed by atoms with Gasteiger partial charge < -0.3 is 0 Å². The first-order valence-electron chi connectivity index (χ1n) is 8.53. The molecule has 0 bridgehead atoms. The smallest absolute Gasteiger partial charge is 0.269 e. The van der Waals surface area contributed by atoms with Crippen molar-refractivity contribution in [3.63, 3.8) is 0 Å². The summed E-state index contributed by atoms with van der Waals surface area (Å²) in [5.41, 5.74) is 1.72. The molecule has 1 fully saturated rings. The second-order valence-corrected chi connectivity index (χ2v) is 6.41. The van der Waals surface area contributed by atoms with E-state index in [1.165, 1.54) is 19.3 Å². The van der Waals surface area contributed by atoms with Crippen molar-refractivity contribution >= 4 is 11.9 Å². The van der Waals surface area contributed by atoms with Gasteiger partial charge in [-0.2, -0.15) is 0 Å². The van der Waals surface area contributed by atoms with Crippen LogP contribution in [-0.2, 0) is 0 Å². The second kappa shape index (κ2) is 6.11. The molecule has 1 aromatic heterocycles. The highest BCUT2D eigenvalue weighted by Crippen LogP contribution is 2.21. The number of nitrogens with one attached hydrogen (secondary N) is 2. The zero-order valence-corrected chi connectivity index (χ0v) is 13.8. The summed E-state index contributed by atoms with van der Waals surface area (Å²) in [7, 11) is 0. The molecule has 0 spiro atoms. The zero-order valence-electron chi connectivity index (χ0n) is 13.8. The minimum absolute atomic E-state index is 0.0518. The van der Waals surface area contributed by atoms with Gasteiger partial charge in [0.05, 0.1) is 13.1 Å². The molecule has 0 aliphatic carbocycles. The van der Waals surface area contributed by atoms with Crippen LogP contribution in [0, 0.1) is 6.92 Å². The number of rotatable bonds is 1. The predicted octanol–water partition coefficient (Wildman–Crippen LogP) is 1.67. The van der Waals surface area contributed by atoms with Crippen LogP contribution in [0.25, 0.3) is 0 Å². The highest BCUT2D eigenvalue weighted by Gasteiger charge is 2.33. The standard InChI is InChI=1S/C18H21N5O/c1-13-12-15(24)23-16(14-8-4-2-5-9-14)20-17(21-18(23)19-13)22-10-6-3-7-11-22/h2,4-5,8-9,12,16H,3,6-7,10-11H2,1H3,(H,19,20,21,24)/p+1. The highest BCUT2D eigenvalue weighted by molar-refractivity contribution is 5.90. The van der Waals surface area contributed by atoms with E-state index in [-0.39, 0.29) is 11.7 Å². The number of anilines is 1. The lowest BCUT2D eigenvalue weighted by Gasteiger charge is -2.28. The molecule has 3 heterocycles. The van der Waals surface area contributed by atoms with E-state index >= 15 is 0 Å². The van der Waals surface area contributed by atoms with Crippen molar-refractivity contribution in [1.82, 2.24) is 14.9 Å². The monoisotopic (exact) mass is 324 g/mol. The molecule has 0 saturated carbocycles. The number of benzene rings is 1. The van der Waals surface area contributed by atoms with Gasteiger partial charge in [-0.15, -0.1) is 0 Å². The molecule has 0 radical (unpaired) electrons. The van der Waals surface area contributed by atoms with Gasteiger partial charge in [-0.1, -0.05) is 30.3 Å². The fourth-order valence-electron chi connectivity index (χ4n) is 3.44. The highest BCUT2D eigenvalue weighted by atomic mass is 16.1. The summed E-state index contributed by atoms with van der Waals surface area (Å²) in [6.07, 6.45) is 3.41. The first-order chi connectivity index (χ1) is 11.7. The maximum atomic E-state index is 12.6. The van der Waals surface area contributed by atoms with Crippen molar-refractivity contribution in [3.8, 4) is 0 Å². The third-order valence-electron chi connectivity index (χ3n) is 4.63. The zero-order chi connectivity index (χ0) is 16.5. The Kier molecular flexibility index (Phi) is 3.80. The summed E-state index contributed by atoms with van der Waals surface area (Å²) in [5.74, 6) is 1.55. The van der Waals surface area contributed by atoms with Gasteiger partial charge in [-0.3, -0.25) is 14.7 Å². The number of hydrogen-bond acceptors (Lipinski definition) is 2. The molecule has 2 aliphatic heterocycles. The van der Waals surface area contributed by atoms with E-state index < -0.39 is 0 Å². The van der Waals surface area contributed by atoms with Gasteiger partial charge in [0.1, 0.15) is 0 Å². The molecule has 2 N–H and O–H groups in total. The summed E-state index contributed by atoms with van der Waals surface area (Å²) >= 11 is 0. The van der Waals surface area contributed by atoms with Crippen LogP contribution >= 0.6 is 0 Å².